The Bertz CT molecular complexity index is 1150. The molecular formula is C30H36N2O4S. The molecule has 0 aliphatic carbocycles. The minimum Gasteiger partial charge on any atom is -0.493 e. The SMILES string of the molecule is C=CCN(CC(=O)N(CCc1ccc(OC)c(OC)c1)Cc1cccs1)C(=O)C(CC)c1ccccc1. The maximum atomic E-state index is 13.6. The minimum absolute atomic E-state index is 0.00545. The Labute approximate surface area is 224 Å². The van der Waals surface area contributed by atoms with Gasteiger partial charge in [-0.2, -0.15) is 0 Å². The second kappa shape index (κ2) is 14.2. The molecule has 2 amide bonds. The third-order valence-electron chi connectivity index (χ3n) is 6.29. The van der Waals surface area contributed by atoms with Crippen molar-refractivity contribution in [1.29, 1.82) is 0 Å². The number of hydrogen-bond donors (Lipinski definition) is 0. The van der Waals surface area contributed by atoms with Gasteiger partial charge in [-0.05, 0) is 47.5 Å². The van der Waals surface area contributed by atoms with Gasteiger partial charge in [0, 0.05) is 18.0 Å². The number of carbonyl (C=O) groups excluding carboxylic acids is 2. The number of hydrogen-bond acceptors (Lipinski definition) is 5. The quantitative estimate of drug-likeness (QED) is 0.262. The van der Waals surface area contributed by atoms with Crippen molar-refractivity contribution in [3.63, 3.8) is 0 Å². The van der Waals surface area contributed by atoms with Crippen molar-refractivity contribution < 1.29 is 19.1 Å². The largest absolute Gasteiger partial charge is 0.493 e. The predicted molar refractivity (Wildman–Crippen MR) is 149 cm³/mol. The van der Waals surface area contributed by atoms with E-state index >= 15 is 0 Å². The molecular weight excluding hydrogens is 484 g/mol. The fraction of sp³-hybridized carbons (Fsp3) is 0.333. The standard InChI is InChI=1S/C30H36N2O4S/c1-5-17-32(30(34)26(6-2)24-11-8-7-9-12-24)22-29(33)31(21-25-13-10-19-37-25)18-16-23-14-15-27(35-3)28(20-23)36-4/h5,7-15,19-20,26H,1,6,16-18,21-22H2,2-4H3. The van der Waals surface area contributed by atoms with Crippen LogP contribution < -0.4 is 9.47 Å². The Hall–Kier alpha value is -3.58. The van der Waals surface area contributed by atoms with Crippen LogP contribution in [-0.4, -0.2) is 55.5 Å². The number of amides is 2. The van der Waals surface area contributed by atoms with Crippen LogP contribution in [0.1, 0.15) is 35.3 Å². The smallest absolute Gasteiger partial charge is 0.242 e. The van der Waals surface area contributed by atoms with Crippen LogP contribution in [0.3, 0.4) is 0 Å². The van der Waals surface area contributed by atoms with E-state index in [1.165, 1.54) is 0 Å². The van der Waals surface area contributed by atoms with Gasteiger partial charge in [0.25, 0.3) is 0 Å². The monoisotopic (exact) mass is 520 g/mol. The van der Waals surface area contributed by atoms with E-state index in [1.807, 2.05) is 77.9 Å². The van der Waals surface area contributed by atoms with Gasteiger partial charge in [0.2, 0.25) is 11.8 Å². The number of carbonyl (C=O) groups is 2. The van der Waals surface area contributed by atoms with Gasteiger partial charge < -0.3 is 19.3 Å². The third-order valence-corrected chi connectivity index (χ3v) is 7.15. The molecule has 196 valence electrons. The summed E-state index contributed by atoms with van der Waals surface area (Å²) in [4.78, 5) is 31.7. The van der Waals surface area contributed by atoms with Gasteiger partial charge in [-0.1, -0.05) is 55.5 Å². The van der Waals surface area contributed by atoms with Crippen molar-refractivity contribution in [3.05, 3.63) is 94.7 Å². The summed E-state index contributed by atoms with van der Waals surface area (Å²) in [6.45, 7) is 7.15. The number of rotatable bonds is 14. The fourth-order valence-electron chi connectivity index (χ4n) is 4.29. The van der Waals surface area contributed by atoms with Crippen LogP contribution in [0.25, 0.3) is 0 Å². The first-order chi connectivity index (χ1) is 18.0. The first-order valence-corrected chi connectivity index (χ1v) is 13.3. The van der Waals surface area contributed by atoms with E-state index in [2.05, 4.69) is 6.58 Å². The third kappa shape index (κ3) is 7.70. The summed E-state index contributed by atoms with van der Waals surface area (Å²) in [5.41, 5.74) is 2.00. The molecule has 0 radical (unpaired) electrons. The van der Waals surface area contributed by atoms with Crippen molar-refractivity contribution in [3.8, 4) is 11.5 Å². The molecule has 1 aromatic heterocycles. The molecule has 0 aliphatic rings. The van der Waals surface area contributed by atoms with Crippen LogP contribution in [0.4, 0.5) is 0 Å². The topological polar surface area (TPSA) is 59.1 Å². The van der Waals surface area contributed by atoms with E-state index in [0.29, 0.717) is 44.0 Å². The molecule has 0 saturated carbocycles. The summed E-state index contributed by atoms with van der Waals surface area (Å²) < 4.78 is 10.8. The summed E-state index contributed by atoms with van der Waals surface area (Å²) in [7, 11) is 3.22. The zero-order valence-corrected chi connectivity index (χ0v) is 22.7. The molecule has 0 aliphatic heterocycles. The van der Waals surface area contributed by atoms with Crippen LogP contribution >= 0.6 is 11.3 Å². The van der Waals surface area contributed by atoms with Crippen LogP contribution in [-0.2, 0) is 22.6 Å². The Balaban J connectivity index is 1.77. The molecule has 37 heavy (non-hydrogen) atoms. The Morgan fingerprint density at radius 3 is 2.38 bits per heavy atom. The van der Waals surface area contributed by atoms with Crippen molar-refractivity contribution in [2.45, 2.75) is 32.2 Å². The molecule has 1 atom stereocenters. The molecule has 0 bridgehead atoms. The van der Waals surface area contributed by atoms with Gasteiger partial charge in [-0.15, -0.1) is 17.9 Å². The van der Waals surface area contributed by atoms with E-state index in [0.717, 1.165) is 16.0 Å². The first-order valence-electron chi connectivity index (χ1n) is 12.5. The van der Waals surface area contributed by atoms with Gasteiger partial charge in [0.15, 0.2) is 11.5 Å². The van der Waals surface area contributed by atoms with E-state index in [-0.39, 0.29) is 24.3 Å². The summed E-state index contributed by atoms with van der Waals surface area (Å²) >= 11 is 1.62. The average molecular weight is 521 g/mol. The molecule has 1 unspecified atom stereocenters. The maximum absolute atomic E-state index is 13.6. The Kier molecular flexibility index (Phi) is 10.8. The number of thiophene rings is 1. The highest BCUT2D eigenvalue weighted by Gasteiger charge is 2.27. The van der Waals surface area contributed by atoms with Crippen molar-refractivity contribution in [1.82, 2.24) is 9.80 Å². The van der Waals surface area contributed by atoms with Crippen molar-refractivity contribution >= 4 is 23.2 Å². The molecule has 2 aromatic carbocycles. The normalized spacial score (nSPS) is 11.4. The molecule has 0 fully saturated rings. The molecule has 0 N–H and O–H groups in total. The highest BCUT2D eigenvalue weighted by Crippen LogP contribution is 2.28. The molecule has 7 heteroatoms. The average Bonchev–Trinajstić information content (AvgIpc) is 3.44. The van der Waals surface area contributed by atoms with E-state index in [9.17, 15) is 9.59 Å². The van der Waals surface area contributed by atoms with Crippen LogP contribution in [0, 0.1) is 0 Å². The fourth-order valence-corrected chi connectivity index (χ4v) is 5.01. The first kappa shape index (κ1) is 28.0. The second-order valence-corrected chi connectivity index (χ2v) is 9.75. The van der Waals surface area contributed by atoms with E-state index in [4.69, 9.17) is 9.47 Å². The number of benzene rings is 2. The number of ether oxygens (including phenoxy) is 2. The van der Waals surface area contributed by atoms with Gasteiger partial charge in [0.05, 0.1) is 26.7 Å². The van der Waals surface area contributed by atoms with Gasteiger partial charge in [-0.3, -0.25) is 9.59 Å². The van der Waals surface area contributed by atoms with Crippen LogP contribution in [0.2, 0.25) is 0 Å². The highest BCUT2D eigenvalue weighted by atomic mass is 32.1. The molecule has 6 nitrogen and oxygen atoms in total. The zero-order chi connectivity index (χ0) is 26.6. The van der Waals surface area contributed by atoms with Crippen LogP contribution in [0.15, 0.2) is 78.7 Å². The molecule has 3 aromatic rings. The lowest BCUT2D eigenvalue weighted by atomic mass is 9.95. The second-order valence-electron chi connectivity index (χ2n) is 8.71. The molecule has 3 rings (SSSR count). The zero-order valence-electron chi connectivity index (χ0n) is 21.9. The lowest BCUT2D eigenvalue weighted by molar-refractivity contribution is -0.141. The van der Waals surface area contributed by atoms with Gasteiger partial charge >= 0.3 is 0 Å². The number of nitrogens with zero attached hydrogens (tertiary/aromatic N) is 2. The molecule has 0 spiro atoms. The highest BCUT2D eigenvalue weighted by molar-refractivity contribution is 7.09. The van der Waals surface area contributed by atoms with E-state index in [1.54, 1.807) is 36.5 Å². The summed E-state index contributed by atoms with van der Waals surface area (Å²) in [5.74, 6) is 0.877. The summed E-state index contributed by atoms with van der Waals surface area (Å²) in [6, 6.07) is 19.5. The predicted octanol–water partition coefficient (Wildman–Crippen LogP) is 5.55. The van der Waals surface area contributed by atoms with Crippen LogP contribution in [0.5, 0.6) is 11.5 Å². The van der Waals surface area contributed by atoms with Crippen molar-refractivity contribution in [2.75, 3.05) is 33.9 Å². The minimum atomic E-state index is -0.300. The van der Waals surface area contributed by atoms with Gasteiger partial charge in [0.1, 0.15) is 6.54 Å². The van der Waals surface area contributed by atoms with Gasteiger partial charge in [-0.25, -0.2) is 0 Å². The maximum Gasteiger partial charge on any atom is 0.242 e. The molecule has 1 heterocycles. The lowest BCUT2D eigenvalue weighted by Crippen LogP contribution is -2.44. The Morgan fingerprint density at radius 1 is 1.00 bits per heavy atom. The van der Waals surface area contributed by atoms with Crippen molar-refractivity contribution in [2.24, 2.45) is 0 Å². The summed E-state index contributed by atoms with van der Waals surface area (Å²) in [5, 5.41) is 2.01. The van der Waals surface area contributed by atoms with E-state index < -0.39 is 0 Å². The Morgan fingerprint density at radius 2 is 1.76 bits per heavy atom. The molecule has 0 saturated heterocycles. The lowest BCUT2D eigenvalue weighted by Gasteiger charge is -2.29. The summed E-state index contributed by atoms with van der Waals surface area (Å²) in [6.07, 6.45) is 2.98. The number of methoxy groups -OCH3 is 2.